The molecule has 2 amide bonds. The molecule has 1 aliphatic heterocycles. The molecule has 30 heavy (non-hydrogen) atoms. The molecule has 1 aliphatic rings. The monoisotopic (exact) mass is 443 g/mol. The highest BCUT2D eigenvalue weighted by Crippen LogP contribution is 2.27. The maximum Gasteiger partial charge on any atom is 0.253 e. The van der Waals surface area contributed by atoms with Gasteiger partial charge in [-0.2, -0.15) is 0 Å². The number of thiazole rings is 1. The number of benzene rings is 2. The summed E-state index contributed by atoms with van der Waals surface area (Å²) in [5.74, 6) is -0.855. The Morgan fingerprint density at radius 3 is 2.60 bits per heavy atom. The van der Waals surface area contributed by atoms with E-state index in [2.05, 4.69) is 10.3 Å². The fraction of sp³-hybridized carbons (Fsp3) is 0.227. The van der Waals surface area contributed by atoms with Crippen LogP contribution in [0, 0.1) is 11.7 Å². The van der Waals surface area contributed by atoms with Crippen LogP contribution < -0.4 is 5.32 Å². The van der Waals surface area contributed by atoms with Gasteiger partial charge < -0.3 is 10.2 Å². The second-order valence-electron chi connectivity index (χ2n) is 7.13. The van der Waals surface area contributed by atoms with Crippen LogP contribution in [0.2, 0.25) is 5.02 Å². The van der Waals surface area contributed by atoms with Crippen molar-refractivity contribution in [2.24, 2.45) is 5.92 Å². The van der Waals surface area contributed by atoms with Crippen molar-refractivity contribution >= 4 is 39.9 Å². The highest BCUT2D eigenvalue weighted by molar-refractivity contribution is 7.14. The van der Waals surface area contributed by atoms with Gasteiger partial charge in [0, 0.05) is 34.6 Å². The second kappa shape index (κ2) is 8.93. The normalized spacial score (nSPS) is 16.3. The van der Waals surface area contributed by atoms with Gasteiger partial charge >= 0.3 is 0 Å². The summed E-state index contributed by atoms with van der Waals surface area (Å²) >= 11 is 7.21. The van der Waals surface area contributed by atoms with Crippen LogP contribution in [0.3, 0.4) is 0 Å². The highest BCUT2D eigenvalue weighted by Gasteiger charge is 2.29. The molecule has 1 saturated heterocycles. The van der Waals surface area contributed by atoms with Crippen molar-refractivity contribution in [1.29, 1.82) is 0 Å². The van der Waals surface area contributed by atoms with Crippen LogP contribution in [0.25, 0.3) is 11.3 Å². The van der Waals surface area contributed by atoms with Gasteiger partial charge in [0.2, 0.25) is 5.91 Å². The summed E-state index contributed by atoms with van der Waals surface area (Å²) in [5, 5.41) is 5.74. The van der Waals surface area contributed by atoms with Gasteiger partial charge in [0.25, 0.3) is 5.91 Å². The Labute approximate surface area is 182 Å². The van der Waals surface area contributed by atoms with Gasteiger partial charge in [0.15, 0.2) is 5.13 Å². The van der Waals surface area contributed by atoms with E-state index in [4.69, 9.17) is 11.6 Å². The molecular weight excluding hydrogens is 425 g/mol. The Hall–Kier alpha value is -2.77. The number of likely N-dealkylation sites (tertiary alicyclic amines) is 1. The van der Waals surface area contributed by atoms with Crippen LogP contribution in [0.4, 0.5) is 9.52 Å². The smallest absolute Gasteiger partial charge is 0.253 e. The molecule has 1 aromatic heterocycles. The van der Waals surface area contributed by atoms with Crippen LogP contribution >= 0.6 is 22.9 Å². The Morgan fingerprint density at radius 1 is 1.13 bits per heavy atom. The number of hydrogen-bond donors (Lipinski definition) is 1. The summed E-state index contributed by atoms with van der Waals surface area (Å²) in [5.41, 5.74) is 2.02. The van der Waals surface area contributed by atoms with E-state index >= 15 is 0 Å². The molecule has 0 aliphatic carbocycles. The van der Waals surface area contributed by atoms with E-state index in [1.807, 2.05) is 5.38 Å². The molecule has 1 N–H and O–H groups in total. The number of aromatic nitrogens is 1. The molecule has 8 heteroatoms. The van der Waals surface area contributed by atoms with Gasteiger partial charge in [-0.3, -0.25) is 9.59 Å². The Bertz CT molecular complexity index is 1050. The SMILES string of the molecule is O=C(Nc1nc(-c2ccc(F)cc2)cs1)[C@H]1CCCN(C(=O)c2ccc(Cl)cc2)C1. The number of piperidine rings is 1. The maximum atomic E-state index is 13.1. The predicted octanol–water partition coefficient (Wildman–Crippen LogP) is 5.09. The van der Waals surface area contributed by atoms with Crippen LogP contribution in [-0.2, 0) is 4.79 Å². The van der Waals surface area contributed by atoms with E-state index in [1.165, 1.54) is 23.5 Å². The van der Waals surface area contributed by atoms with Crippen LogP contribution in [-0.4, -0.2) is 34.8 Å². The molecule has 4 rings (SSSR count). The lowest BCUT2D eigenvalue weighted by molar-refractivity contribution is -0.121. The standard InChI is InChI=1S/C22H19ClFN3O2S/c23-17-7-3-15(4-8-17)21(29)27-11-1-2-16(12-27)20(28)26-22-25-19(13-30-22)14-5-9-18(24)10-6-14/h3-10,13,16H,1-2,11-12H2,(H,25,26,28)/t16-/m0/s1. The van der Waals surface area contributed by atoms with Crippen LogP contribution in [0.5, 0.6) is 0 Å². The molecule has 0 spiro atoms. The van der Waals surface area contributed by atoms with E-state index in [0.717, 1.165) is 12.0 Å². The quantitative estimate of drug-likeness (QED) is 0.610. The first-order valence-electron chi connectivity index (χ1n) is 9.57. The first-order chi connectivity index (χ1) is 14.5. The number of carbonyl (C=O) groups excluding carboxylic acids is 2. The molecule has 154 valence electrons. The average molecular weight is 444 g/mol. The Kier molecular flexibility index (Phi) is 6.11. The van der Waals surface area contributed by atoms with Crippen LogP contribution in [0.15, 0.2) is 53.9 Å². The van der Waals surface area contributed by atoms with Crippen molar-refractivity contribution in [2.75, 3.05) is 18.4 Å². The molecule has 0 saturated carbocycles. The molecule has 0 radical (unpaired) electrons. The second-order valence-corrected chi connectivity index (χ2v) is 8.43. The highest BCUT2D eigenvalue weighted by atomic mass is 35.5. The minimum absolute atomic E-state index is 0.1000. The predicted molar refractivity (Wildman–Crippen MR) is 116 cm³/mol. The summed E-state index contributed by atoms with van der Waals surface area (Å²) in [4.78, 5) is 31.6. The van der Waals surface area contributed by atoms with Gasteiger partial charge in [-0.1, -0.05) is 11.6 Å². The van der Waals surface area contributed by atoms with Gasteiger partial charge in [-0.25, -0.2) is 9.37 Å². The average Bonchev–Trinajstić information content (AvgIpc) is 3.23. The fourth-order valence-corrected chi connectivity index (χ4v) is 4.29. The third-order valence-electron chi connectivity index (χ3n) is 5.04. The minimum atomic E-state index is -0.308. The van der Waals surface area contributed by atoms with Crippen molar-refractivity contribution in [1.82, 2.24) is 9.88 Å². The van der Waals surface area contributed by atoms with E-state index in [-0.39, 0.29) is 23.5 Å². The summed E-state index contributed by atoms with van der Waals surface area (Å²) < 4.78 is 13.1. The number of nitrogens with zero attached hydrogens (tertiary/aromatic N) is 2. The topological polar surface area (TPSA) is 62.3 Å². The number of hydrogen-bond acceptors (Lipinski definition) is 4. The van der Waals surface area contributed by atoms with Crippen molar-refractivity contribution in [3.05, 3.63) is 70.3 Å². The lowest BCUT2D eigenvalue weighted by atomic mass is 9.96. The number of rotatable bonds is 4. The largest absolute Gasteiger partial charge is 0.338 e. The first-order valence-corrected chi connectivity index (χ1v) is 10.8. The van der Waals surface area contributed by atoms with Crippen molar-refractivity contribution < 1.29 is 14.0 Å². The number of nitrogens with one attached hydrogen (secondary N) is 1. The first kappa shape index (κ1) is 20.5. The minimum Gasteiger partial charge on any atom is -0.338 e. The van der Waals surface area contributed by atoms with Crippen LogP contribution in [0.1, 0.15) is 23.2 Å². The zero-order valence-corrected chi connectivity index (χ0v) is 17.5. The molecule has 2 aromatic carbocycles. The van der Waals surface area contributed by atoms with E-state index in [9.17, 15) is 14.0 Å². The molecule has 3 aromatic rings. The number of halogens is 2. The Morgan fingerprint density at radius 2 is 1.87 bits per heavy atom. The number of anilines is 1. The van der Waals surface area contributed by atoms with Gasteiger partial charge in [0.05, 0.1) is 11.6 Å². The van der Waals surface area contributed by atoms with Crippen molar-refractivity contribution in [3.8, 4) is 11.3 Å². The van der Waals surface area contributed by atoms with Gasteiger partial charge in [0.1, 0.15) is 5.82 Å². The van der Waals surface area contributed by atoms with Gasteiger partial charge in [-0.15, -0.1) is 11.3 Å². The third-order valence-corrected chi connectivity index (χ3v) is 6.05. The summed E-state index contributed by atoms with van der Waals surface area (Å²) in [6, 6.07) is 12.8. The molecule has 1 fully saturated rings. The molecule has 1 atom stereocenters. The van der Waals surface area contributed by atoms with E-state index in [0.29, 0.717) is 40.9 Å². The Balaban J connectivity index is 1.39. The lowest BCUT2D eigenvalue weighted by Crippen LogP contribution is -2.43. The van der Waals surface area contributed by atoms with Crippen molar-refractivity contribution in [3.63, 3.8) is 0 Å². The molecule has 2 heterocycles. The van der Waals surface area contributed by atoms with E-state index in [1.54, 1.807) is 41.3 Å². The molecular formula is C22H19ClFN3O2S. The summed E-state index contributed by atoms with van der Waals surface area (Å²) in [6.07, 6.45) is 1.47. The fourth-order valence-electron chi connectivity index (χ4n) is 3.44. The summed E-state index contributed by atoms with van der Waals surface area (Å²) in [7, 11) is 0. The zero-order chi connectivity index (χ0) is 21.1. The molecule has 0 bridgehead atoms. The third kappa shape index (κ3) is 4.68. The lowest BCUT2D eigenvalue weighted by Gasteiger charge is -2.32. The van der Waals surface area contributed by atoms with Gasteiger partial charge in [-0.05, 0) is 61.4 Å². The number of amides is 2. The van der Waals surface area contributed by atoms with E-state index < -0.39 is 0 Å². The zero-order valence-electron chi connectivity index (χ0n) is 16.0. The molecule has 0 unspecified atom stereocenters. The summed E-state index contributed by atoms with van der Waals surface area (Å²) in [6.45, 7) is 0.987. The van der Waals surface area contributed by atoms with Crippen molar-refractivity contribution in [2.45, 2.75) is 12.8 Å². The maximum absolute atomic E-state index is 13.1. The number of carbonyl (C=O) groups is 2. The molecule has 5 nitrogen and oxygen atoms in total.